The van der Waals surface area contributed by atoms with E-state index in [-0.39, 0.29) is 17.0 Å². The number of unbranched alkanes of at least 4 members (excludes halogenated alkanes) is 2. The van der Waals surface area contributed by atoms with Crippen LogP contribution in [-0.2, 0) is 6.54 Å². The molecule has 0 saturated heterocycles. The van der Waals surface area contributed by atoms with Crippen LogP contribution in [-0.4, -0.2) is 28.5 Å². The Morgan fingerprint density at radius 1 is 1.06 bits per heavy atom. The first-order valence-corrected chi connectivity index (χ1v) is 9.89. The molecule has 0 unspecified atom stereocenters. The number of hydrogen-bond donors (Lipinski definition) is 1. The third-order valence-corrected chi connectivity index (χ3v) is 4.57. The lowest BCUT2D eigenvalue weighted by Crippen LogP contribution is -2.27. The van der Waals surface area contributed by atoms with Gasteiger partial charge in [-0.3, -0.25) is 9.59 Å². The molecule has 0 aliphatic carbocycles. The number of nitrogens with one attached hydrogen (secondary N) is 1. The van der Waals surface area contributed by atoms with Crippen LogP contribution in [0.25, 0.3) is 10.8 Å². The predicted molar refractivity (Wildman–Crippen MR) is 111 cm³/mol. The zero-order valence-electron chi connectivity index (χ0n) is 16.9. The standard InChI is InChI=1S/C22H22F3N3O3/c1-2-3-6-13-28-21(30)18-8-5-4-7-17(18)19(27-28)20(29)26-15-9-11-16(12-10-15)31-14-22(23,24)25/h4-5,7-12H,2-3,6,13-14H2,1H3,(H,26,29). The van der Waals surface area contributed by atoms with Crippen molar-refractivity contribution in [3.63, 3.8) is 0 Å². The quantitative estimate of drug-likeness (QED) is 0.519. The summed E-state index contributed by atoms with van der Waals surface area (Å²) in [6.45, 7) is 1.06. The third kappa shape index (κ3) is 5.84. The van der Waals surface area contributed by atoms with Crippen LogP contribution in [0.5, 0.6) is 5.75 Å². The summed E-state index contributed by atoms with van der Waals surface area (Å²) in [7, 11) is 0. The van der Waals surface area contributed by atoms with E-state index in [1.54, 1.807) is 24.3 Å². The summed E-state index contributed by atoms with van der Waals surface area (Å²) in [5.74, 6) is -0.493. The largest absolute Gasteiger partial charge is 0.484 e. The second kappa shape index (κ2) is 9.63. The summed E-state index contributed by atoms with van der Waals surface area (Å²) in [5, 5.41) is 7.78. The van der Waals surface area contributed by atoms with Crippen molar-refractivity contribution < 1.29 is 22.7 Å². The van der Waals surface area contributed by atoms with Gasteiger partial charge in [0.2, 0.25) is 0 Å². The van der Waals surface area contributed by atoms with E-state index in [4.69, 9.17) is 0 Å². The van der Waals surface area contributed by atoms with Crippen LogP contribution in [0.15, 0.2) is 53.3 Å². The lowest BCUT2D eigenvalue weighted by Gasteiger charge is -2.12. The van der Waals surface area contributed by atoms with Gasteiger partial charge in [-0.25, -0.2) is 4.68 Å². The lowest BCUT2D eigenvalue weighted by molar-refractivity contribution is -0.153. The molecule has 0 aliphatic heterocycles. The molecule has 164 valence electrons. The maximum Gasteiger partial charge on any atom is 0.422 e. The van der Waals surface area contributed by atoms with Gasteiger partial charge in [0.25, 0.3) is 11.5 Å². The van der Waals surface area contributed by atoms with E-state index in [1.165, 1.54) is 28.9 Å². The number of nitrogens with zero attached hydrogens (tertiary/aromatic N) is 2. The molecule has 0 spiro atoms. The molecule has 0 atom stereocenters. The van der Waals surface area contributed by atoms with Crippen LogP contribution in [0.4, 0.5) is 18.9 Å². The number of benzene rings is 2. The first-order chi connectivity index (χ1) is 14.8. The number of amides is 1. The highest BCUT2D eigenvalue weighted by Crippen LogP contribution is 2.21. The Hall–Kier alpha value is -3.36. The van der Waals surface area contributed by atoms with E-state index < -0.39 is 18.7 Å². The maximum atomic E-state index is 12.9. The van der Waals surface area contributed by atoms with E-state index in [2.05, 4.69) is 22.1 Å². The Morgan fingerprint density at radius 2 is 1.74 bits per heavy atom. The van der Waals surface area contributed by atoms with Crippen molar-refractivity contribution in [3.8, 4) is 5.75 Å². The number of hydrogen-bond acceptors (Lipinski definition) is 4. The summed E-state index contributed by atoms with van der Waals surface area (Å²) in [6, 6.07) is 12.3. The van der Waals surface area contributed by atoms with Crippen molar-refractivity contribution in [2.24, 2.45) is 0 Å². The molecule has 1 heterocycles. The van der Waals surface area contributed by atoms with Crippen LogP contribution in [0.2, 0.25) is 0 Å². The van der Waals surface area contributed by atoms with Crippen molar-refractivity contribution in [1.29, 1.82) is 0 Å². The first kappa shape index (κ1) is 22.3. The Bertz CT molecular complexity index is 1110. The van der Waals surface area contributed by atoms with Crippen molar-refractivity contribution in [2.45, 2.75) is 38.9 Å². The van der Waals surface area contributed by atoms with Crippen molar-refractivity contribution in [3.05, 3.63) is 64.6 Å². The van der Waals surface area contributed by atoms with Gasteiger partial charge >= 0.3 is 6.18 Å². The van der Waals surface area contributed by atoms with Gasteiger partial charge in [0.1, 0.15) is 5.75 Å². The van der Waals surface area contributed by atoms with E-state index in [1.807, 2.05) is 0 Å². The fourth-order valence-electron chi connectivity index (χ4n) is 3.06. The van der Waals surface area contributed by atoms with Crippen LogP contribution >= 0.6 is 0 Å². The fraction of sp³-hybridized carbons (Fsp3) is 0.318. The molecule has 0 bridgehead atoms. The van der Waals surface area contributed by atoms with Gasteiger partial charge in [0.05, 0.1) is 5.39 Å². The number of rotatable bonds is 8. The van der Waals surface area contributed by atoms with Gasteiger partial charge in [0.15, 0.2) is 12.3 Å². The molecular weight excluding hydrogens is 411 g/mol. The molecule has 6 nitrogen and oxygen atoms in total. The highest BCUT2D eigenvalue weighted by atomic mass is 19.4. The summed E-state index contributed by atoms with van der Waals surface area (Å²) in [4.78, 5) is 25.6. The number of halogens is 3. The van der Waals surface area contributed by atoms with Gasteiger partial charge in [-0.1, -0.05) is 38.0 Å². The van der Waals surface area contributed by atoms with Gasteiger partial charge < -0.3 is 10.1 Å². The third-order valence-electron chi connectivity index (χ3n) is 4.57. The van der Waals surface area contributed by atoms with Gasteiger partial charge in [-0.05, 0) is 36.8 Å². The number of aromatic nitrogens is 2. The highest BCUT2D eigenvalue weighted by molar-refractivity contribution is 6.11. The minimum atomic E-state index is -4.43. The van der Waals surface area contributed by atoms with Crippen molar-refractivity contribution in [1.82, 2.24) is 9.78 Å². The number of ether oxygens (including phenoxy) is 1. The molecule has 0 aliphatic rings. The lowest BCUT2D eigenvalue weighted by atomic mass is 10.1. The molecule has 3 rings (SSSR count). The Balaban J connectivity index is 1.83. The number of aryl methyl sites for hydroxylation is 1. The normalized spacial score (nSPS) is 11.5. The van der Waals surface area contributed by atoms with Crippen LogP contribution < -0.4 is 15.6 Å². The minimum absolute atomic E-state index is 0.0309. The summed E-state index contributed by atoms with van der Waals surface area (Å²) in [6.07, 6.45) is -1.74. The summed E-state index contributed by atoms with van der Waals surface area (Å²) < 4.78 is 42.7. The van der Waals surface area contributed by atoms with E-state index >= 15 is 0 Å². The molecule has 0 saturated carbocycles. The topological polar surface area (TPSA) is 73.2 Å². The number of carbonyl (C=O) groups excluding carboxylic acids is 1. The molecule has 2 aromatic carbocycles. The number of alkyl halides is 3. The monoisotopic (exact) mass is 433 g/mol. The average molecular weight is 433 g/mol. The molecule has 9 heteroatoms. The zero-order chi connectivity index (χ0) is 22.4. The van der Waals surface area contributed by atoms with Gasteiger partial charge in [0, 0.05) is 17.6 Å². The van der Waals surface area contributed by atoms with Crippen LogP contribution in [0.1, 0.15) is 36.7 Å². The fourth-order valence-corrected chi connectivity index (χ4v) is 3.06. The van der Waals surface area contributed by atoms with Crippen molar-refractivity contribution in [2.75, 3.05) is 11.9 Å². The predicted octanol–water partition coefficient (Wildman–Crippen LogP) is 4.78. The molecule has 1 aromatic heterocycles. The highest BCUT2D eigenvalue weighted by Gasteiger charge is 2.28. The Labute approximate surface area is 176 Å². The summed E-state index contributed by atoms with van der Waals surface area (Å²) >= 11 is 0. The zero-order valence-corrected chi connectivity index (χ0v) is 16.9. The molecule has 1 amide bonds. The van der Waals surface area contributed by atoms with E-state index in [9.17, 15) is 22.8 Å². The second-order valence-corrected chi connectivity index (χ2v) is 7.01. The van der Waals surface area contributed by atoms with E-state index in [0.717, 1.165) is 19.3 Å². The molecule has 3 aromatic rings. The molecule has 0 radical (unpaired) electrons. The number of fused-ring (bicyclic) bond motifs is 1. The van der Waals surface area contributed by atoms with Crippen LogP contribution in [0, 0.1) is 0 Å². The molecule has 1 N–H and O–H groups in total. The molecular formula is C22H22F3N3O3. The minimum Gasteiger partial charge on any atom is -0.484 e. The number of anilines is 1. The average Bonchev–Trinajstić information content (AvgIpc) is 2.74. The number of carbonyl (C=O) groups is 1. The molecule has 0 fully saturated rings. The molecule has 31 heavy (non-hydrogen) atoms. The van der Waals surface area contributed by atoms with Gasteiger partial charge in [-0.15, -0.1) is 0 Å². The maximum absolute atomic E-state index is 12.9. The second-order valence-electron chi connectivity index (χ2n) is 7.01. The smallest absolute Gasteiger partial charge is 0.422 e. The van der Waals surface area contributed by atoms with Gasteiger partial charge in [-0.2, -0.15) is 18.3 Å². The van der Waals surface area contributed by atoms with Crippen LogP contribution in [0.3, 0.4) is 0 Å². The first-order valence-electron chi connectivity index (χ1n) is 9.89. The Kier molecular flexibility index (Phi) is 6.94. The SMILES string of the molecule is CCCCCn1nc(C(=O)Nc2ccc(OCC(F)(F)F)cc2)c2ccccc2c1=O. The Morgan fingerprint density at radius 3 is 2.39 bits per heavy atom. The summed E-state index contributed by atoms with van der Waals surface area (Å²) in [5.41, 5.74) is 0.206. The van der Waals surface area contributed by atoms with E-state index in [0.29, 0.717) is 23.0 Å². The van der Waals surface area contributed by atoms with Crippen molar-refractivity contribution >= 4 is 22.4 Å².